The average Bonchev–Trinajstić information content (AvgIpc) is 2.73. The number of ether oxygens (including phenoxy) is 2. The quantitative estimate of drug-likeness (QED) is 0.325. The van der Waals surface area contributed by atoms with Crippen molar-refractivity contribution in [3.63, 3.8) is 0 Å². The Hall–Kier alpha value is -3.24. The van der Waals surface area contributed by atoms with Gasteiger partial charge in [0, 0.05) is 10.6 Å². The molecule has 0 unspecified atom stereocenters. The smallest absolute Gasteiger partial charge is 0.235 e. The Bertz CT molecular complexity index is 1270. The Kier molecular flexibility index (Phi) is 6.01. The van der Waals surface area contributed by atoms with E-state index in [1.807, 2.05) is 57.2 Å². The van der Waals surface area contributed by atoms with E-state index < -0.39 is 0 Å². The van der Waals surface area contributed by atoms with E-state index in [9.17, 15) is 4.79 Å². The molecule has 0 aliphatic carbocycles. The van der Waals surface area contributed by atoms with Gasteiger partial charge in [-0.25, -0.2) is 0 Å². The molecule has 0 atom stereocenters. The third-order valence-electron chi connectivity index (χ3n) is 4.92. The van der Waals surface area contributed by atoms with Gasteiger partial charge in [0.15, 0.2) is 5.76 Å². The van der Waals surface area contributed by atoms with Gasteiger partial charge in [0.1, 0.15) is 24.5 Å². The van der Waals surface area contributed by atoms with Gasteiger partial charge in [0.2, 0.25) is 11.2 Å². The summed E-state index contributed by atoms with van der Waals surface area (Å²) in [6.45, 7) is 6.54. The number of halogens is 1. The summed E-state index contributed by atoms with van der Waals surface area (Å²) in [5.41, 5.74) is 4.34. The Morgan fingerprint density at radius 3 is 2.19 bits per heavy atom. The van der Waals surface area contributed by atoms with E-state index in [-0.39, 0.29) is 17.8 Å². The fourth-order valence-electron chi connectivity index (χ4n) is 3.50. The first kappa shape index (κ1) is 21.0. The molecule has 4 rings (SSSR count). The molecule has 0 aliphatic rings. The normalized spacial score (nSPS) is 11.0. The van der Waals surface area contributed by atoms with Crippen molar-refractivity contribution in [1.82, 2.24) is 0 Å². The molecule has 0 radical (unpaired) electrons. The molecule has 4 nitrogen and oxygen atoms in total. The van der Waals surface area contributed by atoms with Crippen LogP contribution in [0.4, 0.5) is 0 Å². The summed E-state index contributed by atoms with van der Waals surface area (Å²) in [6, 6.07) is 18.8. The van der Waals surface area contributed by atoms with Crippen molar-refractivity contribution in [2.24, 2.45) is 0 Å². The Labute approximate surface area is 186 Å². The van der Waals surface area contributed by atoms with Crippen molar-refractivity contribution in [3.8, 4) is 22.8 Å². The molecule has 1 aromatic heterocycles. The maximum absolute atomic E-state index is 13.2. The summed E-state index contributed by atoms with van der Waals surface area (Å²) in [4.78, 5) is 13.2. The van der Waals surface area contributed by atoms with Gasteiger partial charge >= 0.3 is 0 Å². The monoisotopic (exact) mass is 434 g/mol. The summed E-state index contributed by atoms with van der Waals surface area (Å²) in [7, 11) is 0. The molecular formula is C26H23ClO4. The zero-order chi connectivity index (χ0) is 22.0. The lowest BCUT2D eigenvalue weighted by Crippen LogP contribution is -2.15. The predicted molar refractivity (Wildman–Crippen MR) is 125 cm³/mol. The van der Waals surface area contributed by atoms with Crippen molar-refractivity contribution in [3.05, 3.63) is 92.6 Å². The molecule has 0 N–H and O–H groups in total. The van der Waals surface area contributed by atoms with Gasteiger partial charge in [-0.15, -0.1) is 0 Å². The van der Waals surface area contributed by atoms with Crippen LogP contribution in [0.5, 0.6) is 11.5 Å². The number of benzene rings is 3. The van der Waals surface area contributed by atoms with Crippen LogP contribution in [0, 0.1) is 20.8 Å². The van der Waals surface area contributed by atoms with Crippen molar-refractivity contribution in [2.45, 2.75) is 20.8 Å². The van der Waals surface area contributed by atoms with Crippen LogP contribution in [0.15, 0.2) is 69.9 Å². The van der Waals surface area contributed by atoms with Gasteiger partial charge in [-0.3, -0.25) is 4.79 Å². The number of hydrogen-bond acceptors (Lipinski definition) is 4. The summed E-state index contributed by atoms with van der Waals surface area (Å²) in [5.74, 6) is 1.33. The van der Waals surface area contributed by atoms with Crippen LogP contribution >= 0.6 is 11.6 Å². The molecule has 31 heavy (non-hydrogen) atoms. The summed E-state index contributed by atoms with van der Waals surface area (Å²) in [5, 5.41) is 0.848. The first-order valence-corrected chi connectivity index (χ1v) is 10.5. The highest BCUT2D eigenvalue weighted by atomic mass is 35.5. The van der Waals surface area contributed by atoms with Crippen LogP contribution in [0.25, 0.3) is 22.3 Å². The third-order valence-corrected chi connectivity index (χ3v) is 5.15. The van der Waals surface area contributed by atoms with Crippen molar-refractivity contribution in [1.29, 1.82) is 0 Å². The Morgan fingerprint density at radius 1 is 0.806 bits per heavy atom. The maximum Gasteiger partial charge on any atom is 0.235 e. The fraction of sp³-hybridized carbons (Fsp3) is 0.192. The molecule has 158 valence electrons. The second kappa shape index (κ2) is 8.86. The lowest BCUT2D eigenvalue weighted by Gasteiger charge is -2.13. The second-order valence-corrected chi connectivity index (χ2v) is 8.05. The van der Waals surface area contributed by atoms with E-state index in [2.05, 4.69) is 6.07 Å². The molecule has 0 fully saturated rings. The lowest BCUT2D eigenvalue weighted by atomic mass is 10.1. The van der Waals surface area contributed by atoms with Crippen molar-refractivity contribution >= 4 is 22.6 Å². The van der Waals surface area contributed by atoms with Gasteiger partial charge in [-0.05, 0) is 62.2 Å². The van der Waals surface area contributed by atoms with Gasteiger partial charge in [0.05, 0.1) is 5.39 Å². The highest BCUT2D eigenvalue weighted by Crippen LogP contribution is 2.32. The van der Waals surface area contributed by atoms with Gasteiger partial charge in [0.25, 0.3) is 0 Å². The van der Waals surface area contributed by atoms with Crippen LogP contribution in [0.3, 0.4) is 0 Å². The number of hydrogen-bond donors (Lipinski definition) is 0. The standard InChI is InChI=1S/C26H23ClO4/c1-16-4-6-19(7-5-16)25-26(24(28)22-15-20(27)8-9-23(22)31-25)30-11-10-29-21-13-17(2)12-18(3)14-21/h4-9,12-15H,10-11H2,1-3H3. The third kappa shape index (κ3) is 4.75. The minimum Gasteiger partial charge on any atom is -0.490 e. The fourth-order valence-corrected chi connectivity index (χ4v) is 3.67. The summed E-state index contributed by atoms with van der Waals surface area (Å²) in [6.07, 6.45) is 0. The molecule has 0 bridgehead atoms. The Morgan fingerprint density at radius 2 is 1.48 bits per heavy atom. The lowest BCUT2D eigenvalue weighted by molar-refractivity contribution is 0.214. The van der Waals surface area contributed by atoms with E-state index in [4.69, 9.17) is 25.5 Å². The molecule has 0 amide bonds. The molecule has 5 heteroatoms. The maximum atomic E-state index is 13.2. The predicted octanol–water partition coefficient (Wildman–Crippen LogP) is 6.50. The number of aryl methyl sites for hydroxylation is 3. The topological polar surface area (TPSA) is 48.7 Å². The van der Waals surface area contributed by atoms with Crippen LogP contribution in [-0.4, -0.2) is 13.2 Å². The molecule has 4 aromatic rings. The van der Waals surface area contributed by atoms with Crippen LogP contribution < -0.4 is 14.9 Å². The van der Waals surface area contributed by atoms with Crippen molar-refractivity contribution in [2.75, 3.05) is 13.2 Å². The summed E-state index contributed by atoms with van der Waals surface area (Å²) >= 11 is 6.10. The van der Waals surface area contributed by atoms with E-state index in [1.165, 1.54) is 0 Å². The molecule has 0 saturated carbocycles. The molecule has 1 heterocycles. The Balaban J connectivity index is 1.64. The van der Waals surface area contributed by atoms with Gasteiger partial charge in [-0.2, -0.15) is 0 Å². The zero-order valence-corrected chi connectivity index (χ0v) is 18.5. The molecule has 0 spiro atoms. The number of fused-ring (bicyclic) bond motifs is 1. The molecule has 0 saturated heterocycles. The van der Waals surface area contributed by atoms with E-state index in [0.717, 1.165) is 28.0 Å². The van der Waals surface area contributed by atoms with E-state index in [0.29, 0.717) is 28.4 Å². The first-order chi connectivity index (χ1) is 14.9. The van der Waals surface area contributed by atoms with E-state index in [1.54, 1.807) is 18.2 Å². The second-order valence-electron chi connectivity index (χ2n) is 7.62. The van der Waals surface area contributed by atoms with Crippen LogP contribution in [0.2, 0.25) is 5.02 Å². The van der Waals surface area contributed by atoms with Gasteiger partial charge < -0.3 is 13.9 Å². The SMILES string of the molecule is Cc1ccc(-c2oc3ccc(Cl)cc3c(=O)c2OCCOc2cc(C)cc(C)c2)cc1. The molecular weight excluding hydrogens is 412 g/mol. The van der Waals surface area contributed by atoms with Crippen LogP contribution in [0.1, 0.15) is 16.7 Å². The minimum absolute atomic E-state index is 0.155. The molecule has 0 aliphatic heterocycles. The van der Waals surface area contributed by atoms with E-state index >= 15 is 0 Å². The largest absolute Gasteiger partial charge is 0.490 e. The number of rotatable bonds is 6. The first-order valence-electron chi connectivity index (χ1n) is 10.1. The van der Waals surface area contributed by atoms with Crippen LogP contribution in [-0.2, 0) is 0 Å². The summed E-state index contributed by atoms with van der Waals surface area (Å²) < 4.78 is 17.8. The highest BCUT2D eigenvalue weighted by Gasteiger charge is 2.18. The van der Waals surface area contributed by atoms with Crippen molar-refractivity contribution < 1.29 is 13.9 Å². The zero-order valence-electron chi connectivity index (χ0n) is 17.7. The average molecular weight is 435 g/mol. The van der Waals surface area contributed by atoms with Gasteiger partial charge in [-0.1, -0.05) is 47.5 Å². The minimum atomic E-state index is -0.259. The molecule has 3 aromatic carbocycles. The highest BCUT2D eigenvalue weighted by molar-refractivity contribution is 6.31.